The van der Waals surface area contributed by atoms with Crippen molar-refractivity contribution in [2.75, 3.05) is 19.6 Å². The number of carbonyl (C=O) groups excluding carboxylic acids is 2. The van der Waals surface area contributed by atoms with E-state index in [1.807, 2.05) is 54.6 Å². The summed E-state index contributed by atoms with van der Waals surface area (Å²) in [7, 11) is 0. The fourth-order valence-corrected chi connectivity index (χ4v) is 4.91. The van der Waals surface area contributed by atoms with Gasteiger partial charge in [0.05, 0.1) is 0 Å². The summed E-state index contributed by atoms with van der Waals surface area (Å²) in [5.41, 5.74) is 5.20. The third-order valence-corrected chi connectivity index (χ3v) is 6.71. The van der Waals surface area contributed by atoms with Gasteiger partial charge in [0.1, 0.15) is 12.1 Å². The second-order valence-electron chi connectivity index (χ2n) is 9.49. The first kappa shape index (κ1) is 28.3. The Morgan fingerprint density at radius 2 is 1.33 bits per heavy atom. The maximum absolute atomic E-state index is 12.9. The zero-order chi connectivity index (χ0) is 27.7. The van der Waals surface area contributed by atoms with Gasteiger partial charge in [0.25, 0.3) is 5.91 Å². The number of halogens is 3. The fraction of sp³-hybridized carbons (Fsp3) is 0.333. The van der Waals surface area contributed by atoms with E-state index >= 15 is 0 Å². The van der Waals surface area contributed by atoms with E-state index < -0.39 is 18.3 Å². The molecule has 1 aliphatic carbocycles. The van der Waals surface area contributed by atoms with Crippen molar-refractivity contribution in [3.63, 3.8) is 0 Å². The van der Waals surface area contributed by atoms with Gasteiger partial charge < -0.3 is 10.6 Å². The lowest BCUT2D eigenvalue weighted by atomic mass is 9.86. The average Bonchev–Trinajstić information content (AvgIpc) is 3.20. The van der Waals surface area contributed by atoms with Crippen LogP contribution < -0.4 is 16.1 Å². The standard InChI is InChI=1S/C30H32F3N3O3/c31-30(32,33)21-36-39-29(25-15-6-4-13-23(25)24-14-5-7-16-26(24)29)18-8-9-19-34-27(37)17-10-20-35-28(38)22-11-2-1-3-12-22/h1-7,11-16,36H,8-10,17-21H2,(H,34,37)(H,35,38). The molecule has 0 unspecified atom stereocenters. The summed E-state index contributed by atoms with van der Waals surface area (Å²) in [5.74, 6) is -0.287. The second kappa shape index (κ2) is 12.9. The summed E-state index contributed by atoms with van der Waals surface area (Å²) < 4.78 is 38.7. The Morgan fingerprint density at radius 3 is 1.97 bits per heavy atom. The number of unbranched alkanes of at least 4 members (excludes halogenated alkanes) is 1. The maximum atomic E-state index is 12.9. The largest absolute Gasteiger partial charge is 0.403 e. The van der Waals surface area contributed by atoms with Crippen LogP contribution in [0.4, 0.5) is 13.2 Å². The number of nitrogens with one attached hydrogen (secondary N) is 3. The van der Waals surface area contributed by atoms with Crippen LogP contribution >= 0.6 is 0 Å². The molecule has 0 saturated carbocycles. The van der Waals surface area contributed by atoms with Crippen LogP contribution in [0, 0.1) is 0 Å². The van der Waals surface area contributed by atoms with Crippen LogP contribution in [0.25, 0.3) is 11.1 Å². The van der Waals surface area contributed by atoms with E-state index in [4.69, 9.17) is 4.84 Å². The molecular weight excluding hydrogens is 507 g/mol. The molecule has 4 rings (SSSR count). The molecule has 206 valence electrons. The SMILES string of the molecule is O=C(CCCNC(=O)c1ccccc1)NCCCCC1(ONCC(F)(F)F)c2ccccc2-c2ccccc21. The number of carbonyl (C=O) groups is 2. The smallest absolute Gasteiger partial charge is 0.356 e. The summed E-state index contributed by atoms with van der Waals surface area (Å²) in [6.07, 6.45) is -1.93. The molecule has 1 aliphatic rings. The van der Waals surface area contributed by atoms with Crippen LogP contribution in [0.15, 0.2) is 78.9 Å². The number of hydrogen-bond donors (Lipinski definition) is 3. The van der Waals surface area contributed by atoms with Crippen molar-refractivity contribution in [1.29, 1.82) is 0 Å². The molecule has 0 fully saturated rings. The van der Waals surface area contributed by atoms with Gasteiger partial charge in [-0.05, 0) is 60.1 Å². The lowest BCUT2D eigenvalue weighted by molar-refractivity contribution is -0.173. The Hall–Kier alpha value is -3.69. The van der Waals surface area contributed by atoms with Gasteiger partial charge in [-0.3, -0.25) is 14.4 Å². The molecule has 0 aliphatic heterocycles. The Labute approximate surface area is 225 Å². The third-order valence-electron chi connectivity index (χ3n) is 6.71. The van der Waals surface area contributed by atoms with E-state index in [0.29, 0.717) is 44.3 Å². The number of benzene rings is 3. The summed E-state index contributed by atoms with van der Waals surface area (Å²) in [4.78, 5) is 30.2. The first-order valence-corrected chi connectivity index (χ1v) is 13.1. The first-order valence-electron chi connectivity index (χ1n) is 13.1. The van der Waals surface area contributed by atoms with Gasteiger partial charge in [0.2, 0.25) is 5.91 Å². The fourth-order valence-electron chi connectivity index (χ4n) is 4.91. The monoisotopic (exact) mass is 539 g/mol. The molecule has 3 aromatic rings. The van der Waals surface area contributed by atoms with Gasteiger partial charge in [0, 0.05) is 25.1 Å². The zero-order valence-corrected chi connectivity index (χ0v) is 21.5. The summed E-state index contributed by atoms with van der Waals surface area (Å²) in [6, 6.07) is 24.1. The highest BCUT2D eigenvalue weighted by molar-refractivity contribution is 5.94. The highest BCUT2D eigenvalue weighted by Crippen LogP contribution is 2.51. The number of hydroxylamine groups is 1. The van der Waals surface area contributed by atoms with E-state index in [2.05, 4.69) is 16.1 Å². The Balaban J connectivity index is 1.27. The third kappa shape index (κ3) is 7.25. The van der Waals surface area contributed by atoms with Crippen LogP contribution in [0.3, 0.4) is 0 Å². The van der Waals surface area contributed by atoms with Crippen molar-refractivity contribution in [3.05, 3.63) is 95.6 Å². The predicted molar refractivity (Wildman–Crippen MR) is 143 cm³/mol. The molecule has 39 heavy (non-hydrogen) atoms. The molecular formula is C30H32F3N3O3. The summed E-state index contributed by atoms with van der Waals surface area (Å²) in [5, 5.41) is 5.68. The molecule has 2 amide bonds. The molecule has 6 nitrogen and oxygen atoms in total. The van der Waals surface area contributed by atoms with Gasteiger partial charge in [-0.25, -0.2) is 0 Å². The van der Waals surface area contributed by atoms with Crippen LogP contribution in [-0.4, -0.2) is 37.6 Å². The Kier molecular flexibility index (Phi) is 9.37. The van der Waals surface area contributed by atoms with E-state index in [-0.39, 0.29) is 18.2 Å². The number of amides is 2. The average molecular weight is 540 g/mol. The number of fused-ring (bicyclic) bond motifs is 3. The molecule has 0 bridgehead atoms. The molecule has 9 heteroatoms. The second-order valence-corrected chi connectivity index (χ2v) is 9.49. The van der Waals surface area contributed by atoms with Gasteiger partial charge in [-0.15, -0.1) is 0 Å². The van der Waals surface area contributed by atoms with E-state index in [1.165, 1.54) is 0 Å². The number of hydrogen-bond acceptors (Lipinski definition) is 4. The topological polar surface area (TPSA) is 79.5 Å². The summed E-state index contributed by atoms with van der Waals surface area (Å²) in [6.45, 7) is -0.434. The molecule has 3 aromatic carbocycles. The summed E-state index contributed by atoms with van der Waals surface area (Å²) >= 11 is 0. The molecule has 0 saturated heterocycles. The minimum Gasteiger partial charge on any atom is -0.356 e. The van der Waals surface area contributed by atoms with Crippen molar-refractivity contribution in [1.82, 2.24) is 16.1 Å². The van der Waals surface area contributed by atoms with Crippen LogP contribution in [0.2, 0.25) is 0 Å². The Morgan fingerprint density at radius 1 is 0.744 bits per heavy atom. The first-order chi connectivity index (χ1) is 18.8. The van der Waals surface area contributed by atoms with Gasteiger partial charge >= 0.3 is 6.18 Å². The van der Waals surface area contributed by atoms with E-state index in [9.17, 15) is 22.8 Å². The van der Waals surface area contributed by atoms with Gasteiger partial charge in [-0.2, -0.15) is 18.7 Å². The van der Waals surface area contributed by atoms with Crippen molar-refractivity contribution < 1.29 is 27.6 Å². The molecule has 0 atom stereocenters. The minimum atomic E-state index is -4.41. The minimum absolute atomic E-state index is 0.113. The van der Waals surface area contributed by atoms with Crippen molar-refractivity contribution in [2.24, 2.45) is 0 Å². The van der Waals surface area contributed by atoms with E-state index in [0.717, 1.165) is 22.3 Å². The highest BCUT2D eigenvalue weighted by atomic mass is 19.4. The van der Waals surface area contributed by atoms with Crippen molar-refractivity contribution >= 4 is 11.8 Å². The van der Waals surface area contributed by atoms with Crippen molar-refractivity contribution in [3.8, 4) is 11.1 Å². The predicted octanol–water partition coefficient (Wildman–Crippen LogP) is 5.49. The zero-order valence-electron chi connectivity index (χ0n) is 21.5. The van der Waals surface area contributed by atoms with Crippen LogP contribution in [0.5, 0.6) is 0 Å². The normalized spacial score (nSPS) is 13.4. The van der Waals surface area contributed by atoms with Crippen molar-refractivity contribution in [2.45, 2.75) is 43.9 Å². The number of alkyl halides is 3. The number of rotatable bonds is 13. The molecule has 0 aromatic heterocycles. The molecule has 0 radical (unpaired) electrons. The maximum Gasteiger partial charge on any atom is 0.403 e. The lowest BCUT2D eigenvalue weighted by Gasteiger charge is -2.32. The molecule has 0 spiro atoms. The van der Waals surface area contributed by atoms with Crippen LogP contribution in [0.1, 0.15) is 53.6 Å². The quantitative estimate of drug-likeness (QED) is 0.198. The van der Waals surface area contributed by atoms with E-state index in [1.54, 1.807) is 24.3 Å². The van der Waals surface area contributed by atoms with Gasteiger partial charge in [0.15, 0.2) is 0 Å². The van der Waals surface area contributed by atoms with Gasteiger partial charge in [-0.1, -0.05) is 66.7 Å². The highest BCUT2D eigenvalue weighted by Gasteiger charge is 2.45. The molecule has 0 heterocycles. The Bertz CT molecular complexity index is 1220. The van der Waals surface area contributed by atoms with Crippen LogP contribution in [-0.2, 0) is 15.2 Å². The molecule has 3 N–H and O–H groups in total. The lowest BCUT2D eigenvalue weighted by Crippen LogP contribution is -2.39.